The lowest BCUT2D eigenvalue weighted by Gasteiger charge is -2.31. The van der Waals surface area contributed by atoms with Crippen LogP contribution in [-0.2, 0) is 4.79 Å². The van der Waals surface area contributed by atoms with Gasteiger partial charge in [-0.05, 0) is 32.4 Å². The van der Waals surface area contributed by atoms with E-state index in [2.05, 4.69) is 5.32 Å². The lowest BCUT2D eigenvalue weighted by Crippen LogP contribution is -2.44. The predicted molar refractivity (Wildman–Crippen MR) is 48.2 cm³/mol. The molecule has 1 amide bonds. The zero-order valence-corrected chi connectivity index (χ0v) is 7.70. The third kappa shape index (κ3) is 1.69. The lowest BCUT2D eigenvalue weighted by molar-refractivity contribution is -0.136. The molecule has 4 nitrogen and oxygen atoms in total. The quantitative estimate of drug-likeness (QED) is 0.568. The van der Waals surface area contributed by atoms with Crippen molar-refractivity contribution in [2.45, 2.75) is 31.4 Å². The fourth-order valence-electron chi connectivity index (χ4n) is 2.17. The first-order valence-electron chi connectivity index (χ1n) is 4.98. The molecule has 1 atom stereocenters. The van der Waals surface area contributed by atoms with Crippen LogP contribution in [-0.4, -0.2) is 47.7 Å². The van der Waals surface area contributed by atoms with Crippen molar-refractivity contribution in [1.82, 2.24) is 10.2 Å². The topological polar surface area (TPSA) is 52.6 Å². The van der Waals surface area contributed by atoms with Crippen LogP contribution in [0.2, 0.25) is 0 Å². The molecule has 0 radical (unpaired) electrons. The third-order valence-electron chi connectivity index (χ3n) is 2.96. The smallest absolute Gasteiger partial charge is 0.251 e. The first kappa shape index (κ1) is 8.97. The van der Waals surface area contributed by atoms with E-state index in [0.29, 0.717) is 12.5 Å². The number of likely N-dealkylation sites (tertiary alicyclic amines) is 1. The monoisotopic (exact) mass is 184 g/mol. The summed E-state index contributed by atoms with van der Waals surface area (Å²) < 4.78 is 0. The normalized spacial score (nSPS) is 31.3. The van der Waals surface area contributed by atoms with Gasteiger partial charge in [0.15, 0.2) is 0 Å². The molecule has 0 bridgehead atoms. The number of piperidine rings is 1. The van der Waals surface area contributed by atoms with Crippen molar-refractivity contribution >= 4 is 5.91 Å². The number of aliphatic hydroxyl groups is 1. The van der Waals surface area contributed by atoms with Crippen LogP contribution >= 0.6 is 0 Å². The molecule has 0 aromatic carbocycles. The van der Waals surface area contributed by atoms with Gasteiger partial charge in [0.1, 0.15) is 6.10 Å². The van der Waals surface area contributed by atoms with Crippen LogP contribution in [0.5, 0.6) is 0 Å². The van der Waals surface area contributed by atoms with E-state index >= 15 is 0 Å². The van der Waals surface area contributed by atoms with Crippen LogP contribution in [0.25, 0.3) is 0 Å². The SMILES string of the molecule is O=C1C(O)CCN1C1CCNCC1. The molecule has 0 saturated carbocycles. The molecule has 0 spiro atoms. The van der Waals surface area contributed by atoms with Crippen LogP contribution < -0.4 is 5.32 Å². The van der Waals surface area contributed by atoms with Crippen LogP contribution in [0.15, 0.2) is 0 Å². The summed E-state index contributed by atoms with van der Waals surface area (Å²) in [6.45, 7) is 2.72. The van der Waals surface area contributed by atoms with Crippen molar-refractivity contribution in [3.05, 3.63) is 0 Å². The molecule has 2 aliphatic heterocycles. The maximum atomic E-state index is 11.5. The zero-order chi connectivity index (χ0) is 9.26. The van der Waals surface area contributed by atoms with Crippen LogP contribution in [0.4, 0.5) is 0 Å². The Bertz CT molecular complexity index is 202. The predicted octanol–water partition coefficient (Wildman–Crippen LogP) is -0.668. The molecule has 74 valence electrons. The summed E-state index contributed by atoms with van der Waals surface area (Å²) in [7, 11) is 0. The number of rotatable bonds is 1. The van der Waals surface area contributed by atoms with Gasteiger partial charge in [-0.15, -0.1) is 0 Å². The van der Waals surface area contributed by atoms with Gasteiger partial charge in [-0.1, -0.05) is 0 Å². The summed E-state index contributed by atoms with van der Waals surface area (Å²) in [5.74, 6) is -0.0631. The number of amides is 1. The third-order valence-corrected chi connectivity index (χ3v) is 2.96. The number of nitrogens with zero attached hydrogens (tertiary/aromatic N) is 1. The number of carbonyl (C=O) groups excluding carboxylic acids is 1. The van der Waals surface area contributed by atoms with E-state index in [4.69, 9.17) is 0 Å². The Morgan fingerprint density at radius 2 is 2.00 bits per heavy atom. The fourth-order valence-corrected chi connectivity index (χ4v) is 2.17. The Morgan fingerprint density at radius 1 is 1.31 bits per heavy atom. The van der Waals surface area contributed by atoms with Gasteiger partial charge in [-0.2, -0.15) is 0 Å². The van der Waals surface area contributed by atoms with Gasteiger partial charge >= 0.3 is 0 Å². The highest BCUT2D eigenvalue weighted by Crippen LogP contribution is 2.19. The Morgan fingerprint density at radius 3 is 2.54 bits per heavy atom. The van der Waals surface area contributed by atoms with Crippen molar-refractivity contribution in [3.63, 3.8) is 0 Å². The number of nitrogens with one attached hydrogen (secondary N) is 1. The number of carbonyl (C=O) groups is 1. The molecule has 0 aromatic heterocycles. The van der Waals surface area contributed by atoms with Gasteiger partial charge in [0, 0.05) is 12.6 Å². The van der Waals surface area contributed by atoms with Gasteiger partial charge in [-0.3, -0.25) is 4.79 Å². The second kappa shape index (κ2) is 3.64. The molecule has 0 aromatic rings. The van der Waals surface area contributed by atoms with E-state index < -0.39 is 6.10 Å². The summed E-state index contributed by atoms with van der Waals surface area (Å²) >= 11 is 0. The highest BCUT2D eigenvalue weighted by Gasteiger charge is 2.34. The number of aliphatic hydroxyl groups excluding tert-OH is 1. The van der Waals surface area contributed by atoms with Gasteiger partial charge in [0.25, 0.3) is 5.91 Å². The van der Waals surface area contributed by atoms with Crippen LogP contribution in [0, 0.1) is 0 Å². The maximum absolute atomic E-state index is 11.5. The molecule has 2 N–H and O–H groups in total. The molecular formula is C9H16N2O2. The lowest BCUT2D eigenvalue weighted by atomic mass is 10.1. The van der Waals surface area contributed by atoms with Crippen molar-refractivity contribution in [2.24, 2.45) is 0 Å². The molecule has 0 aliphatic carbocycles. The summed E-state index contributed by atoms with van der Waals surface area (Å²) in [6.07, 6.45) is 1.94. The Labute approximate surface area is 77.9 Å². The standard InChI is InChI=1S/C9H16N2O2/c12-8-3-6-11(9(8)13)7-1-4-10-5-2-7/h7-8,10,12H,1-6H2. The largest absolute Gasteiger partial charge is 0.383 e. The minimum absolute atomic E-state index is 0.0631. The number of hydrogen-bond donors (Lipinski definition) is 2. The molecular weight excluding hydrogens is 168 g/mol. The minimum Gasteiger partial charge on any atom is -0.383 e. The average molecular weight is 184 g/mol. The Hall–Kier alpha value is -0.610. The van der Waals surface area contributed by atoms with E-state index in [0.717, 1.165) is 32.5 Å². The van der Waals surface area contributed by atoms with Gasteiger partial charge in [0.05, 0.1) is 0 Å². The van der Waals surface area contributed by atoms with E-state index in [9.17, 15) is 9.90 Å². The highest BCUT2D eigenvalue weighted by atomic mass is 16.3. The van der Waals surface area contributed by atoms with Crippen LogP contribution in [0.3, 0.4) is 0 Å². The van der Waals surface area contributed by atoms with Crippen LogP contribution in [0.1, 0.15) is 19.3 Å². The second-order valence-electron chi connectivity index (χ2n) is 3.82. The van der Waals surface area contributed by atoms with E-state index in [1.165, 1.54) is 0 Å². The van der Waals surface area contributed by atoms with Crippen molar-refractivity contribution in [2.75, 3.05) is 19.6 Å². The molecule has 2 heterocycles. The van der Waals surface area contributed by atoms with Crippen molar-refractivity contribution in [3.8, 4) is 0 Å². The van der Waals surface area contributed by atoms with Crippen molar-refractivity contribution in [1.29, 1.82) is 0 Å². The Kier molecular flexibility index (Phi) is 2.51. The number of hydrogen-bond acceptors (Lipinski definition) is 3. The van der Waals surface area contributed by atoms with Gasteiger partial charge in [-0.25, -0.2) is 0 Å². The summed E-state index contributed by atoms with van der Waals surface area (Å²) in [5.41, 5.74) is 0. The average Bonchev–Trinajstić information content (AvgIpc) is 2.49. The first-order valence-corrected chi connectivity index (χ1v) is 4.98. The molecule has 13 heavy (non-hydrogen) atoms. The van der Waals surface area contributed by atoms with E-state index in [1.54, 1.807) is 0 Å². The van der Waals surface area contributed by atoms with E-state index in [1.807, 2.05) is 4.90 Å². The first-order chi connectivity index (χ1) is 6.29. The Balaban J connectivity index is 1.96. The fraction of sp³-hybridized carbons (Fsp3) is 0.889. The van der Waals surface area contributed by atoms with Gasteiger partial charge in [0.2, 0.25) is 0 Å². The second-order valence-corrected chi connectivity index (χ2v) is 3.82. The molecule has 2 aliphatic rings. The van der Waals surface area contributed by atoms with Crippen molar-refractivity contribution < 1.29 is 9.90 Å². The molecule has 1 unspecified atom stereocenters. The zero-order valence-electron chi connectivity index (χ0n) is 7.70. The minimum atomic E-state index is -0.727. The molecule has 2 rings (SSSR count). The van der Waals surface area contributed by atoms with E-state index in [-0.39, 0.29) is 5.91 Å². The molecule has 2 saturated heterocycles. The van der Waals surface area contributed by atoms with Gasteiger partial charge < -0.3 is 15.3 Å². The maximum Gasteiger partial charge on any atom is 0.251 e. The summed E-state index contributed by atoms with van der Waals surface area (Å²) in [4.78, 5) is 13.3. The molecule has 2 fully saturated rings. The summed E-state index contributed by atoms with van der Waals surface area (Å²) in [6, 6.07) is 0.367. The molecule has 4 heteroatoms. The highest BCUT2D eigenvalue weighted by molar-refractivity contribution is 5.83. The summed E-state index contributed by atoms with van der Waals surface area (Å²) in [5, 5.41) is 12.6.